The van der Waals surface area contributed by atoms with Crippen LogP contribution in [0, 0.1) is 11.8 Å². The minimum absolute atomic E-state index is 0.0286. The SMILES string of the molecule is CC[C@H](C)NC(=O)[C@@H]1CO[C@]2(CCC[C@H](C)C2)N1C(=O)C(C)C. The summed E-state index contributed by atoms with van der Waals surface area (Å²) < 4.78 is 6.13. The molecule has 1 heterocycles. The number of hydrogen-bond acceptors (Lipinski definition) is 3. The van der Waals surface area contributed by atoms with Crippen LogP contribution >= 0.6 is 0 Å². The first kappa shape index (κ1) is 18.2. The number of hydrogen-bond donors (Lipinski definition) is 1. The van der Waals surface area contributed by atoms with Crippen molar-refractivity contribution in [1.29, 1.82) is 0 Å². The Morgan fingerprint density at radius 2 is 2.04 bits per heavy atom. The second-order valence-electron chi connectivity index (χ2n) is 7.66. The highest BCUT2D eigenvalue weighted by atomic mass is 16.5. The van der Waals surface area contributed by atoms with Crippen LogP contribution < -0.4 is 5.32 Å². The van der Waals surface area contributed by atoms with Gasteiger partial charge in [0.25, 0.3) is 0 Å². The summed E-state index contributed by atoms with van der Waals surface area (Å²) in [5.41, 5.74) is -0.573. The zero-order valence-corrected chi connectivity index (χ0v) is 15.2. The molecule has 1 spiro atoms. The van der Waals surface area contributed by atoms with Crippen molar-refractivity contribution in [3.8, 4) is 0 Å². The van der Waals surface area contributed by atoms with E-state index in [1.54, 1.807) is 4.90 Å². The lowest BCUT2D eigenvalue weighted by Crippen LogP contribution is -2.58. The van der Waals surface area contributed by atoms with Crippen molar-refractivity contribution in [2.24, 2.45) is 11.8 Å². The number of nitrogens with zero attached hydrogens (tertiary/aromatic N) is 1. The summed E-state index contributed by atoms with van der Waals surface area (Å²) in [5.74, 6) is 0.330. The van der Waals surface area contributed by atoms with Gasteiger partial charge in [-0.3, -0.25) is 14.5 Å². The van der Waals surface area contributed by atoms with Crippen LogP contribution in [-0.4, -0.2) is 41.1 Å². The molecule has 23 heavy (non-hydrogen) atoms. The van der Waals surface area contributed by atoms with Crippen molar-refractivity contribution in [2.45, 2.75) is 84.5 Å². The van der Waals surface area contributed by atoms with Gasteiger partial charge in [-0.05, 0) is 38.5 Å². The maximum atomic E-state index is 12.9. The van der Waals surface area contributed by atoms with Crippen LogP contribution in [0.15, 0.2) is 0 Å². The highest BCUT2D eigenvalue weighted by Gasteiger charge is 2.54. The molecule has 2 fully saturated rings. The summed E-state index contributed by atoms with van der Waals surface area (Å²) in [6.07, 6.45) is 4.75. The van der Waals surface area contributed by atoms with Gasteiger partial charge < -0.3 is 10.1 Å². The molecule has 5 nitrogen and oxygen atoms in total. The predicted molar refractivity (Wildman–Crippen MR) is 89.7 cm³/mol. The highest BCUT2D eigenvalue weighted by molar-refractivity contribution is 5.89. The van der Waals surface area contributed by atoms with Gasteiger partial charge in [-0.1, -0.05) is 34.1 Å². The largest absolute Gasteiger partial charge is 0.353 e. The Bertz CT molecular complexity index is 452. The first-order chi connectivity index (χ1) is 10.8. The number of carbonyl (C=O) groups is 2. The van der Waals surface area contributed by atoms with Gasteiger partial charge in [0.2, 0.25) is 11.8 Å². The van der Waals surface area contributed by atoms with Crippen LogP contribution in [-0.2, 0) is 14.3 Å². The quantitative estimate of drug-likeness (QED) is 0.865. The Kier molecular flexibility index (Phi) is 5.71. The lowest BCUT2D eigenvalue weighted by Gasteiger charge is -2.44. The molecule has 1 saturated carbocycles. The summed E-state index contributed by atoms with van der Waals surface area (Å²) in [5, 5.41) is 3.02. The molecular formula is C18H32N2O3. The van der Waals surface area contributed by atoms with E-state index in [0.717, 1.165) is 25.7 Å². The van der Waals surface area contributed by atoms with Gasteiger partial charge in [-0.2, -0.15) is 0 Å². The molecule has 132 valence electrons. The van der Waals surface area contributed by atoms with Crippen molar-refractivity contribution >= 4 is 11.8 Å². The molecule has 0 aromatic heterocycles. The van der Waals surface area contributed by atoms with E-state index >= 15 is 0 Å². The lowest BCUT2D eigenvalue weighted by molar-refractivity contribution is -0.165. The Morgan fingerprint density at radius 1 is 1.35 bits per heavy atom. The molecule has 0 bridgehead atoms. The van der Waals surface area contributed by atoms with E-state index in [-0.39, 0.29) is 23.8 Å². The van der Waals surface area contributed by atoms with Crippen LogP contribution in [0.3, 0.4) is 0 Å². The zero-order valence-electron chi connectivity index (χ0n) is 15.2. The number of carbonyl (C=O) groups excluding carboxylic acids is 2. The van der Waals surface area contributed by atoms with Crippen LogP contribution in [0.2, 0.25) is 0 Å². The zero-order chi connectivity index (χ0) is 17.2. The first-order valence-corrected chi connectivity index (χ1v) is 9.08. The topological polar surface area (TPSA) is 58.6 Å². The van der Waals surface area contributed by atoms with Gasteiger partial charge in [-0.15, -0.1) is 0 Å². The Labute approximate surface area is 140 Å². The molecule has 2 aliphatic rings. The third kappa shape index (κ3) is 3.70. The number of ether oxygens (including phenoxy) is 1. The lowest BCUT2D eigenvalue weighted by atomic mass is 9.82. The Balaban J connectivity index is 2.25. The Morgan fingerprint density at radius 3 is 2.61 bits per heavy atom. The van der Waals surface area contributed by atoms with Crippen molar-refractivity contribution in [2.75, 3.05) is 6.61 Å². The second kappa shape index (κ2) is 7.20. The maximum absolute atomic E-state index is 12.9. The predicted octanol–water partition coefficient (Wildman–Crippen LogP) is 2.69. The second-order valence-corrected chi connectivity index (χ2v) is 7.66. The minimum Gasteiger partial charge on any atom is -0.353 e. The number of rotatable bonds is 4. The summed E-state index contributed by atoms with van der Waals surface area (Å²) in [6, 6.07) is -0.385. The molecule has 0 aromatic rings. The summed E-state index contributed by atoms with van der Waals surface area (Å²) in [6.45, 7) is 10.3. The normalized spacial score (nSPS) is 32.3. The molecule has 1 aliphatic carbocycles. The fourth-order valence-corrected chi connectivity index (χ4v) is 3.75. The average Bonchev–Trinajstić information content (AvgIpc) is 2.84. The van der Waals surface area contributed by atoms with Crippen LogP contribution in [0.5, 0.6) is 0 Å². The average molecular weight is 324 g/mol. The number of amides is 2. The molecule has 0 aromatic carbocycles. The monoisotopic (exact) mass is 324 g/mol. The number of nitrogens with one attached hydrogen (secondary N) is 1. The molecule has 5 heteroatoms. The van der Waals surface area contributed by atoms with Crippen LogP contribution in [0.1, 0.15) is 66.7 Å². The van der Waals surface area contributed by atoms with E-state index in [1.165, 1.54) is 6.42 Å². The summed E-state index contributed by atoms with van der Waals surface area (Å²) in [7, 11) is 0. The van der Waals surface area contributed by atoms with Gasteiger partial charge in [0, 0.05) is 12.0 Å². The van der Waals surface area contributed by atoms with Gasteiger partial charge in [-0.25, -0.2) is 0 Å². The van der Waals surface area contributed by atoms with Crippen molar-refractivity contribution in [3.05, 3.63) is 0 Å². The van der Waals surface area contributed by atoms with E-state index in [4.69, 9.17) is 4.74 Å². The smallest absolute Gasteiger partial charge is 0.245 e. The maximum Gasteiger partial charge on any atom is 0.245 e. The van der Waals surface area contributed by atoms with Gasteiger partial charge >= 0.3 is 0 Å². The molecule has 2 amide bonds. The van der Waals surface area contributed by atoms with Crippen molar-refractivity contribution in [1.82, 2.24) is 10.2 Å². The van der Waals surface area contributed by atoms with Crippen molar-refractivity contribution in [3.63, 3.8) is 0 Å². The van der Waals surface area contributed by atoms with Crippen LogP contribution in [0.4, 0.5) is 0 Å². The third-order valence-corrected chi connectivity index (χ3v) is 5.23. The summed E-state index contributed by atoms with van der Waals surface area (Å²) >= 11 is 0. The van der Waals surface area contributed by atoms with Gasteiger partial charge in [0.1, 0.15) is 11.8 Å². The minimum atomic E-state index is -0.573. The molecule has 1 saturated heterocycles. The molecule has 0 unspecified atom stereocenters. The molecule has 1 N–H and O–H groups in total. The molecule has 4 atom stereocenters. The fraction of sp³-hybridized carbons (Fsp3) is 0.889. The van der Waals surface area contributed by atoms with E-state index in [0.29, 0.717) is 12.5 Å². The van der Waals surface area contributed by atoms with E-state index < -0.39 is 11.8 Å². The highest BCUT2D eigenvalue weighted by Crippen LogP contribution is 2.43. The molecule has 2 rings (SSSR count). The summed E-state index contributed by atoms with van der Waals surface area (Å²) in [4.78, 5) is 27.3. The third-order valence-electron chi connectivity index (χ3n) is 5.23. The molecule has 0 radical (unpaired) electrons. The molecular weight excluding hydrogens is 292 g/mol. The van der Waals surface area contributed by atoms with E-state index in [1.807, 2.05) is 27.7 Å². The van der Waals surface area contributed by atoms with Gasteiger partial charge in [0.05, 0.1) is 6.61 Å². The molecule has 1 aliphatic heterocycles. The van der Waals surface area contributed by atoms with E-state index in [2.05, 4.69) is 12.2 Å². The first-order valence-electron chi connectivity index (χ1n) is 9.08. The fourth-order valence-electron chi connectivity index (χ4n) is 3.75. The standard InChI is InChI=1S/C18H32N2O3/c1-6-14(5)19-16(21)15-11-23-18(9-7-8-13(4)10-18)20(15)17(22)12(2)3/h12-15H,6-11H2,1-5H3,(H,19,21)/t13-,14-,15-,18-/m0/s1. The van der Waals surface area contributed by atoms with Crippen molar-refractivity contribution < 1.29 is 14.3 Å². The van der Waals surface area contributed by atoms with Crippen LogP contribution in [0.25, 0.3) is 0 Å². The Hall–Kier alpha value is -1.10. The van der Waals surface area contributed by atoms with Gasteiger partial charge in [0.15, 0.2) is 0 Å². The van der Waals surface area contributed by atoms with E-state index in [9.17, 15) is 9.59 Å².